The van der Waals surface area contributed by atoms with Crippen molar-refractivity contribution in [3.8, 4) is 0 Å². The van der Waals surface area contributed by atoms with Gasteiger partial charge in [0, 0.05) is 23.5 Å². The van der Waals surface area contributed by atoms with Gasteiger partial charge >= 0.3 is 0 Å². The number of para-hydroxylation sites is 1. The Morgan fingerprint density at radius 3 is 2.81 bits per heavy atom. The lowest BCUT2D eigenvalue weighted by Crippen LogP contribution is -2.33. The molecule has 2 heterocycles. The van der Waals surface area contributed by atoms with Crippen LogP contribution in [0.2, 0.25) is 0 Å². The summed E-state index contributed by atoms with van der Waals surface area (Å²) in [5.74, 6) is 0.994. The minimum atomic E-state index is 0.490. The van der Waals surface area contributed by atoms with Crippen LogP contribution >= 0.6 is 0 Å². The summed E-state index contributed by atoms with van der Waals surface area (Å²) < 4.78 is 0. The summed E-state index contributed by atoms with van der Waals surface area (Å²) in [7, 11) is 0. The second-order valence-corrected chi connectivity index (χ2v) is 5.57. The summed E-state index contributed by atoms with van der Waals surface area (Å²) >= 11 is 0. The van der Waals surface area contributed by atoms with E-state index in [1.54, 1.807) is 0 Å². The van der Waals surface area contributed by atoms with Crippen molar-refractivity contribution in [3.63, 3.8) is 0 Å². The van der Waals surface area contributed by atoms with Crippen LogP contribution in [0.25, 0.3) is 0 Å². The van der Waals surface area contributed by atoms with Crippen molar-refractivity contribution in [3.05, 3.63) is 54.2 Å². The Hall–Kier alpha value is -1.87. The van der Waals surface area contributed by atoms with Crippen molar-refractivity contribution in [1.82, 2.24) is 9.88 Å². The maximum absolute atomic E-state index is 4.58. The lowest BCUT2D eigenvalue weighted by molar-refractivity contribution is 0.157. The zero-order valence-electron chi connectivity index (χ0n) is 12.6. The molecule has 1 N–H and O–H groups in total. The molecule has 1 saturated heterocycles. The number of piperidine rings is 1. The van der Waals surface area contributed by atoms with Crippen LogP contribution in [-0.2, 0) is 0 Å². The molecular weight excluding hydrogens is 258 g/mol. The number of benzene rings is 1. The molecule has 0 aliphatic carbocycles. The molecule has 0 saturated carbocycles. The van der Waals surface area contributed by atoms with Gasteiger partial charge in [-0.05, 0) is 44.1 Å². The van der Waals surface area contributed by atoms with Crippen molar-refractivity contribution in [2.24, 2.45) is 0 Å². The molecule has 0 unspecified atom stereocenters. The highest BCUT2D eigenvalue weighted by Crippen LogP contribution is 2.34. The molecule has 0 bridgehead atoms. The summed E-state index contributed by atoms with van der Waals surface area (Å²) in [6, 6.07) is 15.0. The Bertz CT molecular complexity index is 568. The van der Waals surface area contributed by atoms with Crippen LogP contribution in [0.4, 0.5) is 11.5 Å². The van der Waals surface area contributed by atoms with E-state index in [1.165, 1.54) is 31.4 Å². The van der Waals surface area contributed by atoms with E-state index in [2.05, 4.69) is 40.3 Å². The molecule has 0 amide bonds. The van der Waals surface area contributed by atoms with Crippen LogP contribution in [0.1, 0.15) is 37.8 Å². The SMILES string of the molecule is CCN1CCCC[C@@H]1c1cccnc1Nc1ccccc1. The number of pyridine rings is 1. The maximum Gasteiger partial charge on any atom is 0.135 e. The first kappa shape index (κ1) is 14.1. The molecule has 2 aromatic rings. The summed E-state index contributed by atoms with van der Waals surface area (Å²) in [5, 5.41) is 3.48. The van der Waals surface area contributed by atoms with E-state index in [-0.39, 0.29) is 0 Å². The van der Waals surface area contributed by atoms with Gasteiger partial charge < -0.3 is 5.32 Å². The molecular formula is C18H23N3. The molecule has 1 fully saturated rings. The molecule has 1 atom stereocenters. The first-order chi connectivity index (χ1) is 10.4. The normalized spacial score (nSPS) is 19.4. The van der Waals surface area contributed by atoms with Gasteiger partial charge in [-0.25, -0.2) is 4.98 Å². The molecule has 1 aliphatic rings. The summed E-state index contributed by atoms with van der Waals surface area (Å²) in [6.45, 7) is 4.55. The lowest BCUT2D eigenvalue weighted by Gasteiger charge is -2.35. The largest absolute Gasteiger partial charge is 0.340 e. The molecule has 1 aromatic carbocycles. The van der Waals surface area contributed by atoms with Gasteiger partial charge in [-0.2, -0.15) is 0 Å². The molecule has 0 radical (unpaired) electrons. The van der Waals surface area contributed by atoms with Crippen LogP contribution in [0.15, 0.2) is 48.7 Å². The van der Waals surface area contributed by atoms with Crippen LogP contribution in [0.5, 0.6) is 0 Å². The molecule has 110 valence electrons. The van der Waals surface area contributed by atoms with Crippen LogP contribution < -0.4 is 5.32 Å². The minimum absolute atomic E-state index is 0.490. The van der Waals surface area contributed by atoms with E-state index >= 15 is 0 Å². The number of likely N-dealkylation sites (tertiary alicyclic amines) is 1. The molecule has 3 rings (SSSR count). The van der Waals surface area contributed by atoms with Gasteiger partial charge in [0.05, 0.1) is 0 Å². The fourth-order valence-electron chi connectivity index (χ4n) is 3.17. The van der Waals surface area contributed by atoms with Gasteiger partial charge in [0.2, 0.25) is 0 Å². The molecule has 1 aliphatic heterocycles. The van der Waals surface area contributed by atoms with Crippen molar-refractivity contribution < 1.29 is 0 Å². The number of hydrogen-bond donors (Lipinski definition) is 1. The zero-order valence-corrected chi connectivity index (χ0v) is 12.6. The molecule has 1 aromatic heterocycles. The fourth-order valence-corrected chi connectivity index (χ4v) is 3.17. The summed E-state index contributed by atoms with van der Waals surface area (Å²) in [5.41, 5.74) is 2.42. The average molecular weight is 281 g/mol. The second-order valence-electron chi connectivity index (χ2n) is 5.57. The quantitative estimate of drug-likeness (QED) is 0.902. The Labute approximate surface area is 127 Å². The highest BCUT2D eigenvalue weighted by molar-refractivity contribution is 5.59. The summed E-state index contributed by atoms with van der Waals surface area (Å²) in [6.07, 6.45) is 5.71. The summed E-state index contributed by atoms with van der Waals surface area (Å²) in [4.78, 5) is 7.15. The van der Waals surface area contributed by atoms with Gasteiger partial charge in [-0.3, -0.25) is 4.90 Å². The molecule has 21 heavy (non-hydrogen) atoms. The van der Waals surface area contributed by atoms with Gasteiger partial charge in [-0.15, -0.1) is 0 Å². The Balaban J connectivity index is 1.88. The van der Waals surface area contributed by atoms with Crippen molar-refractivity contribution in [2.45, 2.75) is 32.2 Å². The van der Waals surface area contributed by atoms with Crippen molar-refractivity contribution in [2.75, 3.05) is 18.4 Å². The van der Waals surface area contributed by atoms with Crippen molar-refractivity contribution >= 4 is 11.5 Å². The van der Waals surface area contributed by atoms with Gasteiger partial charge in [0.1, 0.15) is 5.82 Å². The van der Waals surface area contributed by atoms with Crippen LogP contribution in [-0.4, -0.2) is 23.0 Å². The third-order valence-electron chi connectivity index (χ3n) is 4.25. The highest BCUT2D eigenvalue weighted by atomic mass is 15.2. The standard InChI is InChI=1S/C18H23N3/c1-2-21-14-7-6-12-17(21)16-11-8-13-19-18(16)20-15-9-4-3-5-10-15/h3-5,8-11,13,17H,2,6-7,12,14H2,1H3,(H,19,20)/t17-/m1/s1. The molecule has 3 nitrogen and oxygen atoms in total. The highest BCUT2D eigenvalue weighted by Gasteiger charge is 2.25. The van der Waals surface area contributed by atoms with Crippen molar-refractivity contribution in [1.29, 1.82) is 0 Å². The zero-order chi connectivity index (χ0) is 14.5. The predicted molar refractivity (Wildman–Crippen MR) is 87.8 cm³/mol. The Morgan fingerprint density at radius 1 is 1.14 bits per heavy atom. The Morgan fingerprint density at radius 2 is 2.00 bits per heavy atom. The monoisotopic (exact) mass is 281 g/mol. The number of rotatable bonds is 4. The molecule has 3 heteroatoms. The lowest BCUT2D eigenvalue weighted by atomic mass is 9.95. The number of anilines is 2. The Kier molecular flexibility index (Phi) is 4.51. The van der Waals surface area contributed by atoms with E-state index in [9.17, 15) is 0 Å². The maximum atomic E-state index is 4.58. The third-order valence-corrected chi connectivity index (χ3v) is 4.25. The van der Waals surface area contributed by atoms with Crippen LogP contribution in [0.3, 0.4) is 0 Å². The van der Waals surface area contributed by atoms with E-state index in [0.717, 1.165) is 18.1 Å². The van der Waals surface area contributed by atoms with Gasteiger partial charge in [-0.1, -0.05) is 37.6 Å². The van der Waals surface area contributed by atoms with Crippen LogP contribution in [0, 0.1) is 0 Å². The average Bonchev–Trinajstić information content (AvgIpc) is 2.56. The second kappa shape index (κ2) is 6.72. The number of hydrogen-bond acceptors (Lipinski definition) is 3. The van der Waals surface area contributed by atoms with E-state index in [4.69, 9.17) is 0 Å². The fraction of sp³-hybridized carbons (Fsp3) is 0.389. The minimum Gasteiger partial charge on any atom is -0.340 e. The topological polar surface area (TPSA) is 28.2 Å². The van der Waals surface area contributed by atoms with Gasteiger partial charge in [0.25, 0.3) is 0 Å². The first-order valence-corrected chi connectivity index (χ1v) is 7.89. The van der Waals surface area contributed by atoms with E-state index < -0.39 is 0 Å². The van der Waals surface area contributed by atoms with E-state index in [1.807, 2.05) is 30.5 Å². The van der Waals surface area contributed by atoms with Gasteiger partial charge in [0.15, 0.2) is 0 Å². The third kappa shape index (κ3) is 3.24. The van der Waals surface area contributed by atoms with E-state index in [0.29, 0.717) is 6.04 Å². The number of nitrogens with zero attached hydrogens (tertiary/aromatic N) is 2. The number of nitrogens with one attached hydrogen (secondary N) is 1. The molecule has 0 spiro atoms. The predicted octanol–water partition coefficient (Wildman–Crippen LogP) is 4.37. The number of aromatic nitrogens is 1. The first-order valence-electron chi connectivity index (χ1n) is 7.89. The smallest absolute Gasteiger partial charge is 0.135 e.